The number of fused-ring (bicyclic) bond motifs is 1. The SMILES string of the molecule is Cc1ccc(-c2csc3ncn(CC(=O)N4CCNC4=O)c(=O)c23)s1. The minimum absolute atomic E-state index is 0.200. The summed E-state index contributed by atoms with van der Waals surface area (Å²) in [5.41, 5.74) is 0.580. The van der Waals surface area contributed by atoms with Crippen LogP contribution in [-0.4, -0.2) is 39.5 Å². The van der Waals surface area contributed by atoms with Crippen LogP contribution >= 0.6 is 22.7 Å². The second kappa shape index (κ2) is 6.08. The van der Waals surface area contributed by atoms with Gasteiger partial charge in [0.1, 0.15) is 11.4 Å². The van der Waals surface area contributed by atoms with Crippen LogP contribution < -0.4 is 10.9 Å². The Morgan fingerprint density at radius 2 is 2.20 bits per heavy atom. The van der Waals surface area contributed by atoms with Crippen LogP contribution in [0.5, 0.6) is 0 Å². The number of aromatic nitrogens is 2. The number of amides is 3. The van der Waals surface area contributed by atoms with Crippen molar-refractivity contribution in [2.24, 2.45) is 0 Å². The van der Waals surface area contributed by atoms with Crippen LogP contribution in [0.4, 0.5) is 4.79 Å². The number of imide groups is 1. The molecule has 1 N–H and O–H groups in total. The van der Waals surface area contributed by atoms with Crippen LogP contribution in [0.1, 0.15) is 4.88 Å². The Morgan fingerprint density at radius 1 is 1.36 bits per heavy atom. The molecule has 4 heterocycles. The van der Waals surface area contributed by atoms with E-state index in [2.05, 4.69) is 10.3 Å². The van der Waals surface area contributed by atoms with Gasteiger partial charge in [0.05, 0.1) is 11.7 Å². The molecule has 0 radical (unpaired) electrons. The van der Waals surface area contributed by atoms with Crippen molar-refractivity contribution in [2.75, 3.05) is 13.1 Å². The molecule has 1 fully saturated rings. The highest BCUT2D eigenvalue weighted by Gasteiger charge is 2.26. The third kappa shape index (κ3) is 2.75. The fourth-order valence-corrected chi connectivity index (χ4v) is 4.64. The third-order valence-electron chi connectivity index (χ3n) is 4.03. The number of aryl methyl sites for hydroxylation is 1. The summed E-state index contributed by atoms with van der Waals surface area (Å²) in [5, 5.41) is 5.02. The van der Waals surface area contributed by atoms with Crippen LogP contribution in [0, 0.1) is 6.92 Å². The molecule has 0 aliphatic carbocycles. The quantitative estimate of drug-likeness (QED) is 0.760. The first-order valence-corrected chi connectivity index (χ1v) is 9.36. The average Bonchev–Trinajstić information content (AvgIpc) is 3.29. The molecule has 25 heavy (non-hydrogen) atoms. The smallest absolute Gasteiger partial charge is 0.324 e. The maximum Gasteiger partial charge on any atom is 0.324 e. The predicted octanol–water partition coefficient (Wildman–Crippen LogP) is 2.05. The minimum Gasteiger partial charge on any atom is -0.336 e. The number of thiophene rings is 2. The maximum absolute atomic E-state index is 12.9. The zero-order valence-electron chi connectivity index (χ0n) is 13.3. The Labute approximate surface area is 150 Å². The lowest BCUT2D eigenvalue weighted by atomic mass is 10.2. The molecule has 0 spiro atoms. The van der Waals surface area contributed by atoms with Gasteiger partial charge < -0.3 is 5.32 Å². The maximum atomic E-state index is 12.9. The van der Waals surface area contributed by atoms with Gasteiger partial charge in [-0.15, -0.1) is 22.7 Å². The van der Waals surface area contributed by atoms with E-state index in [1.54, 1.807) is 11.3 Å². The highest BCUT2D eigenvalue weighted by Crippen LogP contribution is 2.34. The van der Waals surface area contributed by atoms with Crippen molar-refractivity contribution < 1.29 is 9.59 Å². The third-order valence-corrected chi connectivity index (χ3v) is 5.95. The molecule has 0 aromatic carbocycles. The summed E-state index contributed by atoms with van der Waals surface area (Å²) in [5.74, 6) is -0.415. The van der Waals surface area contributed by atoms with Crippen LogP contribution in [0.15, 0.2) is 28.6 Å². The van der Waals surface area contributed by atoms with E-state index >= 15 is 0 Å². The molecule has 0 bridgehead atoms. The summed E-state index contributed by atoms with van der Waals surface area (Å²) in [6, 6.07) is 3.57. The van der Waals surface area contributed by atoms with Crippen molar-refractivity contribution >= 4 is 44.8 Å². The monoisotopic (exact) mass is 374 g/mol. The molecule has 1 saturated heterocycles. The molecule has 9 heteroatoms. The van der Waals surface area contributed by atoms with Gasteiger partial charge in [0.2, 0.25) is 0 Å². The van der Waals surface area contributed by atoms with Crippen molar-refractivity contribution in [3.05, 3.63) is 39.1 Å². The fourth-order valence-electron chi connectivity index (χ4n) is 2.78. The van der Waals surface area contributed by atoms with Crippen molar-refractivity contribution in [3.63, 3.8) is 0 Å². The Kier molecular flexibility index (Phi) is 3.89. The molecule has 128 valence electrons. The van der Waals surface area contributed by atoms with Gasteiger partial charge in [-0.25, -0.2) is 9.78 Å². The lowest BCUT2D eigenvalue weighted by Crippen LogP contribution is -2.38. The number of carbonyl (C=O) groups excluding carboxylic acids is 2. The van der Waals surface area contributed by atoms with Crippen LogP contribution in [0.3, 0.4) is 0 Å². The van der Waals surface area contributed by atoms with E-state index in [-0.39, 0.29) is 12.1 Å². The summed E-state index contributed by atoms with van der Waals surface area (Å²) in [4.78, 5) is 45.0. The van der Waals surface area contributed by atoms with Crippen LogP contribution in [0.2, 0.25) is 0 Å². The first-order valence-electron chi connectivity index (χ1n) is 7.66. The summed E-state index contributed by atoms with van der Waals surface area (Å²) in [6.07, 6.45) is 1.37. The van der Waals surface area contributed by atoms with Gasteiger partial charge in [-0.05, 0) is 19.1 Å². The van der Waals surface area contributed by atoms with E-state index in [4.69, 9.17) is 0 Å². The van der Waals surface area contributed by atoms with Gasteiger partial charge >= 0.3 is 6.03 Å². The average molecular weight is 374 g/mol. The molecular formula is C16H14N4O3S2. The molecule has 0 atom stereocenters. The molecule has 3 aromatic heterocycles. The number of nitrogens with one attached hydrogen (secondary N) is 1. The number of hydrogen-bond acceptors (Lipinski definition) is 6. The Bertz CT molecular complexity index is 1050. The van der Waals surface area contributed by atoms with Crippen molar-refractivity contribution in [2.45, 2.75) is 13.5 Å². The van der Waals surface area contributed by atoms with Gasteiger partial charge in [-0.1, -0.05) is 0 Å². The first kappa shape index (κ1) is 16.0. The van der Waals surface area contributed by atoms with Crippen molar-refractivity contribution in [3.8, 4) is 10.4 Å². The molecule has 1 aliphatic heterocycles. The van der Waals surface area contributed by atoms with E-state index < -0.39 is 11.9 Å². The zero-order chi connectivity index (χ0) is 17.6. The second-order valence-electron chi connectivity index (χ2n) is 5.69. The molecule has 4 rings (SSSR count). The fraction of sp³-hybridized carbons (Fsp3) is 0.250. The minimum atomic E-state index is -0.419. The number of hydrogen-bond donors (Lipinski definition) is 1. The molecule has 0 saturated carbocycles. The zero-order valence-corrected chi connectivity index (χ0v) is 14.9. The van der Waals surface area contributed by atoms with Gasteiger partial charge in [0.25, 0.3) is 11.5 Å². The van der Waals surface area contributed by atoms with Crippen molar-refractivity contribution in [1.29, 1.82) is 0 Å². The van der Waals surface area contributed by atoms with E-state index in [0.717, 1.165) is 20.2 Å². The lowest BCUT2D eigenvalue weighted by molar-refractivity contribution is -0.128. The molecule has 7 nitrogen and oxygen atoms in total. The van der Waals surface area contributed by atoms with E-state index in [0.29, 0.717) is 23.3 Å². The van der Waals surface area contributed by atoms with Crippen LogP contribution in [0.25, 0.3) is 20.7 Å². The van der Waals surface area contributed by atoms with Gasteiger partial charge in [-0.3, -0.25) is 19.1 Å². The Morgan fingerprint density at radius 3 is 2.88 bits per heavy atom. The normalized spacial score (nSPS) is 14.3. The molecule has 1 aliphatic rings. The largest absolute Gasteiger partial charge is 0.336 e. The second-order valence-corrected chi connectivity index (χ2v) is 7.84. The van der Waals surface area contributed by atoms with Gasteiger partial charge in [0, 0.05) is 33.8 Å². The summed E-state index contributed by atoms with van der Waals surface area (Å²) < 4.78 is 1.27. The van der Waals surface area contributed by atoms with E-state index in [1.165, 1.54) is 22.2 Å². The van der Waals surface area contributed by atoms with E-state index in [9.17, 15) is 14.4 Å². The molecular weight excluding hydrogens is 360 g/mol. The Hall–Kier alpha value is -2.52. The number of nitrogens with zero attached hydrogens (tertiary/aromatic N) is 3. The molecule has 0 unspecified atom stereocenters. The highest BCUT2D eigenvalue weighted by molar-refractivity contribution is 7.19. The molecule has 3 aromatic rings. The van der Waals surface area contributed by atoms with Gasteiger partial charge in [0.15, 0.2) is 0 Å². The summed E-state index contributed by atoms with van der Waals surface area (Å²) >= 11 is 3.02. The lowest BCUT2D eigenvalue weighted by Gasteiger charge is -2.13. The van der Waals surface area contributed by atoms with E-state index in [1.807, 2.05) is 24.4 Å². The summed E-state index contributed by atoms with van der Waals surface area (Å²) in [7, 11) is 0. The van der Waals surface area contributed by atoms with Crippen molar-refractivity contribution in [1.82, 2.24) is 19.8 Å². The molecule has 3 amide bonds. The highest BCUT2D eigenvalue weighted by atomic mass is 32.1. The Balaban J connectivity index is 1.73. The number of carbonyl (C=O) groups is 2. The standard InChI is InChI=1S/C16H14N4O3S2/c1-9-2-3-11(25-9)10-7-24-14-13(10)15(22)19(8-18-14)6-12(21)20-5-4-17-16(20)23/h2-3,7-8H,4-6H2,1H3,(H,17,23). The summed E-state index contributed by atoms with van der Waals surface area (Å²) in [6.45, 7) is 2.57. The number of urea groups is 1. The van der Waals surface area contributed by atoms with Gasteiger partial charge in [-0.2, -0.15) is 0 Å². The first-order chi connectivity index (χ1) is 12.0. The predicted molar refractivity (Wildman–Crippen MR) is 97.0 cm³/mol. The number of rotatable bonds is 3. The topological polar surface area (TPSA) is 84.3 Å². The van der Waals surface area contributed by atoms with Crippen LogP contribution in [-0.2, 0) is 11.3 Å².